The van der Waals surface area contributed by atoms with Crippen LogP contribution in [0.5, 0.6) is 0 Å². The first-order valence-electron chi connectivity index (χ1n) is 4.89. The summed E-state index contributed by atoms with van der Waals surface area (Å²) in [7, 11) is 0. The Bertz CT molecular complexity index is 382. The van der Waals surface area contributed by atoms with E-state index in [0.29, 0.717) is 11.7 Å². The van der Waals surface area contributed by atoms with Crippen molar-refractivity contribution in [1.82, 2.24) is 9.97 Å². The van der Waals surface area contributed by atoms with Crippen molar-refractivity contribution in [3.63, 3.8) is 0 Å². The van der Waals surface area contributed by atoms with Gasteiger partial charge in [-0.1, -0.05) is 24.4 Å². The number of halogens is 1. The third-order valence-electron chi connectivity index (χ3n) is 1.96. The normalized spacial score (nSPS) is 9.73. The minimum atomic E-state index is 0.444. The Morgan fingerprint density at radius 1 is 1.47 bits per heavy atom. The molecule has 0 aliphatic heterocycles. The highest BCUT2D eigenvalue weighted by atomic mass is 35.5. The molecule has 0 aliphatic carbocycles. The molecule has 1 heterocycles. The van der Waals surface area contributed by atoms with Crippen LogP contribution in [-0.4, -0.2) is 16.5 Å². The lowest BCUT2D eigenvalue weighted by Crippen LogP contribution is -2.07. The molecule has 0 radical (unpaired) electrons. The quantitative estimate of drug-likeness (QED) is 0.630. The molecular formula is C11H14ClN3. The lowest BCUT2D eigenvalue weighted by Gasteiger charge is -2.09. The van der Waals surface area contributed by atoms with Gasteiger partial charge >= 0.3 is 0 Å². The Hall–Kier alpha value is -1.27. The zero-order chi connectivity index (χ0) is 11.3. The fourth-order valence-electron chi connectivity index (χ4n) is 1.18. The van der Waals surface area contributed by atoms with E-state index in [1.807, 2.05) is 6.92 Å². The third kappa shape index (κ3) is 3.10. The van der Waals surface area contributed by atoms with Crippen molar-refractivity contribution in [2.75, 3.05) is 11.9 Å². The molecule has 0 aliphatic rings. The second kappa shape index (κ2) is 5.57. The van der Waals surface area contributed by atoms with Crippen molar-refractivity contribution in [2.24, 2.45) is 0 Å². The summed E-state index contributed by atoms with van der Waals surface area (Å²) in [6, 6.07) is 0. The van der Waals surface area contributed by atoms with Gasteiger partial charge in [0.25, 0.3) is 0 Å². The van der Waals surface area contributed by atoms with Crippen LogP contribution in [0.15, 0.2) is 0 Å². The van der Waals surface area contributed by atoms with Crippen LogP contribution in [0, 0.1) is 19.3 Å². The maximum Gasteiger partial charge on any atom is 0.137 e. The Morgan fingerprint density at radius 2 is 2.20 bits per heavy atom. The Morgan fingerprint density at radius 3 is 2.80 bits per heavy atom. The van der Waals surface area contributed by atoms with Gasteiger partial charge in [0.2, 0.25) is 0 Å². The van der Waals surface area contributed by atoms with Gasteiger partial charge < -0.3 is 5.32 Å². The Kier molecular flexibility index (Phi) is 4.38. The van der Waals surface area contributed by atoms with E-state index in [2.05, 4.69) is 28.1 Å². The number of nitrogens with one attached hydrogen (secondary N) is 1. The lowest BCUT2D eigenvalue weighted by molar-refractivity contribution is 0.832. The summed E-state index contributed by atoms with van der Waals surface area (Å²) in [4.78, 5) is 8.55. The van der Waals surface area contributed by atoms with E-state index in [1.165, 1.54) is 0 Å². The second-order valence-electron chi connectivity index (χ2n) is 3.21. The second-order valence-corrected chi connectivity index (χ2v) is 3.57. The van der Waals surface area contributed by atoms with Gasteiger partial charge in [0, 0.05) is 12.0 Å². The molecule has 1 rings (SSSR count). The fourth-order valence-corrected chi connectivity index (χ4v) is 1.36. The van der Waals surface area contributed by atoms with Crippen LogP contribution in [0.4, 0.5) is 5.82 Å². The highest BCUT2D eigenvalue weighted by Gasteiger charge is 2.07. The van der Waals surface area contributed by atoms with Gasteiger partial charge in [0.1, 0.15) is 16.8 Å². The van der Waals surface area contributed by atoms with Crippen LogP contribution in [-0.2, 0) is 6.42 Å². The first-order valence-corrected chi connectivity index (χ1v) is 5.27. The zero-order valence-electron chi connectivity index (χ0n) is 8.97. The molecular weight excluding hydrogens is 210 g/mol. The summed E-state index contributed by atoms with van der Waals surface area (Å²) in [5, 5.41) is 3.52. The molecule has 3 nitrogen and oxygen atoms in total. The predicted molar refractivity (Wildman–Crippen MR) is 63.1 cm³/mol. The molecule has 0 unspecified atom stereocenters. The van der Waals surface area contributed by atoms with Crippen molar-refractivity contribution < 1.29 is 0 Å². The molecule has 15 heavy (non-hydrogen) atoms. The Labute approximate surface area is 95.3 Å². The SMILES string of the molecule is C#CCNc1nc(CCC)nc(Cl)c1C. The van der Waals surface area contributed by atoms with Gasteiger partial charge in [0.15, 0.2) is 0 Å². The first kappa shape index (κ1) is 11.8. The van der Waals surface area contributed by atoms with E-state index in [4.69, 9.17) is 18.0 Å². The monoisotopic (exact) mass is 223 g/mol. The molecule has 0 fully saturated rings. The average molecular weight is 224 g/mol. The number of nitrogens with zero attached hydrogens (tertiary/aromatic N) is 2. The van der Waals surface area contributed by atoms with E-state index in [1.54, 1.807) is 0 Å². The minimum absolute atomic E-state index is 0.444. The molecule has 1 N–H and O–H groups in total. The van der Waals surface area contributed by atoms with Crippen LogP contribution in [0.1, 0.15) is 24.7 Å². The molecule has 0 spiro atoms. The molecule has 0 saturated heterocycles. The van der Waals surface area contributed by atoms with Crippen LogP contribution in [0.3, 0.4) is 0 Å². The van der Waals surface area contributed by atoms with Gasteiger partial charge in [-0.3, -0.25) is 0 Å². The van der Waals surface area contributed by atoms with E-state index < -0.39 is 0 Å². The largest absolute Gasteiger partial charge is 0.359 e. The van der Waals surface area contributed by atoms with Crippen molar-refractivity contribution in [1.29, 1.82) is 0 Å². The zero-order valence-corrected chi connectivity index (χ0v) is 9.73. The summed E-state index contributed by atoms with van der Waals surface area (Å²) < 4.78 is 0. The number of aromatic nitrogens is 2. The third-order valence-corrected chi connectivity index (χ3v) is 2.33. The molecule has 0 atom stereocenters. The number of aryl methyl sites for hydroxylation is 1. The highest BCUT2D eigenvalue weighted by Crippen LogP contribution is 2.19. The number of rotatable bonds is 4. The smallest absolute Gasteiger partial charge is 0.137 e. The van der Waals surface area contributed by atoms with Crippen molar-refractivity contribution in [2.45, 2.75) is 26.7 Å². The van der Waals surface area contributed by atoms with Gasteiger partial charge in [-0.05, 0) is 13.3 Å². The van der Waals surface area contributed by atoms with Gasteiger partial charge in [0.05, 0.1) is 6.54 Å². The summed E-state index contributed by atoms with van der Waals surface area (Å²) in [6.45, 7) is 4.39. The van der Waals surface area contributed by atoms with Gasteiger partial charge in [-0.15, -0.1) is 6.42 Å². The fraction of sp³-hybridized carbons (Fsp3) is 0.455. The van der Waals surface area contributed by atoms with E-state index in [-0.39, 0.29) is 0 Å². The maximum atomic E-state index is 5.99. The molecule has 0 bridgehead atoms. The molecule has 0 aromatic carbocycles. The number of terminal acetylenes is 1. The summed E-state index contributed by atoms with van der Waals surface area (Å²) in [6.07, 6.45) is 6.99. The summed E-state index contributed by atoms with van der Waals surface area (Å²) in [5.41, 5.74) is 0.840. The van der Waals surface area contributed by atoms with Crippen molar-refractivity contribution in [3.8, 4) is 12.3 Å². The average Bonchev–Trinajstić information content (AvgIpc) is 2.21. The summed E-state index contributed by atoms with van der Waals surface area (Å²) >= 11 is 5.99. The summed E-state index contributed by atoms with van der Waals surface area (Å²) in [5.74, 6) is 3.99. The number of hydrogen-bond acceptors (Lipinski definition) is 3. The van der Waals surface area contributed by atoms with Crippen LogP contribution in [0.25, 0.3) is 0 Å². The number of anilines is 1. The first-order chi connectivity index (χ1) is 7.19. The molecule has 0 amide bonds. The van der Waals surface area contributed by atoms with E-state index in [0.717, 1.165) is 30.0 Å². The molecule has 1 aromatic heterocycles. The molecule has 80 valence electrons. The molecule has 4 heteroatoms. The molecule has 1 aromatic rings. The van der Waals surface area contributed by atoms with Crippen LogP contribution >= 0.6 is 11.6 Å². The van der Waals surface area contributed by atoms with Crippen molar-refractivity contribution >= 4 is 17.4 Å². The molecule has 0 saturated carbocycles. The topological polar surface area (TPSA) is 37.8 Å². The van der Waals surface area contributed by atoms with E-state index >= 15 is 0 Å². The lowest BCUT2D eigenvalue weighted by atomic mass is 10.3. The maximum absolute atomic E-state index is 5.99. The minimum Gasteiger partial charge on any atom is -0.359 e. The van der Waals surface area contributed by atoms with Gasteiger partial charge in [-0.25, -0.2) is 9.97 Å². The van der Waals surface area contributed by atoms with E-state index in [9.17, 15) is 0 Å². The van der Waals surface area contributed by atoms with Crippen LogP contribution < -0.4 is 5.32 Å². The Balaban J connectivity index is 2.97. The predicted octanol–water partition coefficient (Wildman–Crippen LogP) is 2.44. The van der Waals surface area contributed by atoms with Crippen LogP contribution in [0.2, 0.25) is 5.15 Å². The highest BCUT2D eigenvalue weighted by molar-refractivity contribution is 6.30. The number of hydrogen-bond donors (Lipinski definition) is 1. The van der Waals surface area contributed by atoms with Gasteiger partial charge in [-0.2, -0.15) is 0 Å². The standard InChI is InChI=1S/C11H14ClN3/c1-4-6-9-14-10(12)8(3)11(15-9)13-7-5-2/h2H,4,6-7H2,1,3H3,(H,13,14,15). The van der Waals surface area contributed by atoms with Crippen molar-refractivity contribution in [3.05, 3.63) is 16.5 Å².